The summed E-state index contributed by atoms with van der Waals surface area (Å²) in [5, 5.41) is 18.2. The average Bonchev–Trinajstić information content (AvgIpc) is 3.34. The Morgan fingerprint density at radius 1 is 1.22 bits per heavy atom. The first-order valence-corrected chi connectivity index (χ1v) is 11.0. The van der Waals surface area contributed by atoms with Crippen LogP contribution in [0.1, 0.15) is 60.6 Å². The summed E-state index contributed by atoms with van der Waals surface area (Å²) in [6.45, 7) is 3.45. The molecule has 0 spiro atoms. The molecular formula is C21H27N3O2S. The van der Waals surface area contributed by atoms with Crippen LogP contribution in [0.25, 0.3) is 0 Å². The summed E-state index contributed by atoms with van der Waals surface area (Å²) < 4.78 is 1.52. The highest BCUT2D eigenvalue weighted by Gasteiger charge is 2.47. The zero-order valence-corrected chi connectivity index (χ0v) is 16.6. The number of fused-ring (bicyclic) bond motifs is 2. The van der Waals surface area contributed by atoms with E-state index in [1.807, 2.05) is 6.07 Å². The standard InChI is InChI=1S/C21H27N3O2S/c1-14-8-15(12-27-14)11-23-17-4-5-18(23)10-21(26,9-17)13-24-20(25)7-6-19(22-24)16-2-3-16/h6-8,12,16-18,26H,2-5,9-11,13H2,1H3/t17-,18+,21?. The minimum Gasteiger partial charge on any atom is -0.388 e. The normalized spacial score (nSPS) is 30.7. The van der Waals surface area contributed by atoms with Gasteiger partial charge in [-0.15, -0.1) is 11.3 Å². The Bertz CT molecular complexity index is 887. The van der Waals surface area contributed by atoms with Crippen molar-refractivity contribution in [3.8, 4) is 0 Å². The van der Waals surface area contributed by atoms with Crippen LogP contribution in [0.5, 0.6) is 0 Å². The lowest BCUT2D eigenvalue weighted by molar-refractivity contribution is -0.0677. The maximum atomic E-state index is 12.3. The lowest BCUT2D eigenvalue weighted by atomic mass is 9.85. The van der Waals surface area contributed by atoms with Crippen LogP contribution in [0.15, 0.2) is 28.4 Å². The third kappa shape index (κ3) is 3.50. The van der Waals surface area contributed by atoms with Crippen LogP contribution in [0.4, 0.5) is 0 Å². The van der Waals surface area contributed by atoms with E-state index in [9.17, 15) is 9.90 Å². The van der Waals surface area contributed by atoms with Crippen LogP contribution >= 0.6 is 11.3 Å². The summed E-state index contributed by atoms with van der Waals surface area (Å²) in [5.41, 5.74) is 1.46. The minimum atomic E-state index is -0.827. The topological polar surface area (TPSA) is 58.4 Å². The summed E-state index contributed by atoms with van der Waals surface area (Å²) in [5.74, 6) is 0.513. The van der Waals surface area contributed by atoms with Crippen LogP contribution in [0.2, 0.25) is 0 Å². The number of thiophene rings is 1. The fraction of sp³-hybridized carbons (Fsp3) is 0.619. The van der Waals surface area contributed by atoms with Gasteiger partial charge in [0.2, 0.25) is 0 Å². The first-order chi connectivity index (χ1) is 13.0. The molecular weight excluding hydrogens is 358 g/mol. The number of aryl methyl sites for hydroxylation is 1. The number of aromatic nitrogens is 2. The van der Waals surface area contributed by atoms with E-state index in [1.54, 1.807) is 17.4 Å². The number of nitrogens with zero attached hydrogens (tertiary/aromatic N) is 3. The quantitative estimate of drug-likeness (QED) is 0.859. The van der Waals surface area contributed by atoms with E-state index in [2.05, 4.69) is 28.4 Å². The summed E-state index contributed by atoms with van der Waals surface area (Å²) in [4.78, 5) is 16.2. The van der Waals surface area contributed by atoms with Crippen molar-refractivity contribution in [2.75, 3.05) is 0 Å². The van der Waals surface area contributed by atoms with Gasteiger partial charge in [0.25, 0.3) is 5.56 Å². The van der Waals surface area contributed by atoms with Gasteiger partial charge in [-0.25, -0.2) is 4.68 Å². The monoisotopic (exact) mass is 385 g/mol. The number of piperidine rings is 1. The van der Waals surface area contributed by atoms with Crippen molar-refractivity contribution in [2.45, 2.75) is 82.1 Å². The van der Waals surface area contributed by atoms with E-state index < -0.39 is 5.60 Å². The second-order valence-electron chi connectivity index (χ2n) is 8.78. The SMILES string of the molecule is Cc1cc(CN2[C@@H]3CC[C@H]2CC(O)(Cn2nc(C4CC4)ccc2=O)C3)cs1. The van der Waals surface area contributed by atoms with Crippen molar-refractivity contribution in [1.29, 1.82) is 0 Å². The molecule has 3 atom stereocenters. The van der Waals surface area contributed by atoms with Gasteiger partial charge in [0.05, 0.1) is 17.8 Å². The van der Waals surface area contributed by atoms with E-state index in [-0.39, 0.29) is 5.56 Å². The molecule has 2 bridgehead atoms. The Kier molecular flexibility index (Phi) is 4.26. The molecule has 2 aromatic rings. The molecule has 4 heterocycles. The molecule has 2 aliphatic heterocycles. The van der Waals surface area contributed by atoms with E-state index >= 15 is 0 Å². The third-order valence-electron chi connectivity index (χ3n) is 6.48. The molecule has 27 heavy (non-hydrogen) atoms. The highest BCUT2D eigenvalue weighted by Crippen LogP contribution is 2.42. The van der Waals surface area contributed by atoms with Gasteiger partial charge in [0, 0.05) is 35.5 Å². The average molecular weight is 386 g/mol. The Morgan fingerprint density at radius 3 is 2.59 bits per heavy atom. The molecule has 0 aromatic carbocycles. The van der Waals surface area contributed by atoms with E-state index in [0.29, 0.717) is 24.5 Å². The summed E-state index contributed by atoms with van der Waals surface area (Å²) in [6.07, 6.45) is 6.07. The molecule has 3 aliphatic rings. The van der Waals surface area contributed by atoms with Crippen LogP contribution in [-0.4, -0.2) is 37.5 Å². The molecule has 1 N–H and O–H groups in total. The molecule has 1 aliphatic carbocycles. The molecule has 5 rings (SSSR count). The summed E-state index contributed by atoms with van der Waals surface area (Å²) in [7, 11) is 0. The van der Waals surface area contributed by atoms with Crippen molar-refractivity contribution in [3.05, 3.63) is 50.1 Å². The fourth-order valence-corrected chi connectivity index (χ4v) is 5.75. The molecule has 144 valence electrons. The molecule has 0 radical (unpaired) electrons. The van der Waals surface area contributed by atoms with Gasteiger partial charge in [-0.3, -0.25) is 9.69 Å². The Hall–Kier alpha value is -1.50. The van der Waals surface area contributed by atoms with Crippen molar-refractivity contribution < 1.29 is 5.11 Å². The fourth-order valence-electron chi connectivity index (χ4n) is 5.05. The number of aliphatic hydroxyl groups is 1. The second kappa shape index (κ2) is 6.54. The predicted molar refractivity (Wildman–Crippen MR) is 106 cm³/mol. The van der Waals surface area contributed by atoms with Crippen LogP contribution < -0.4 is 5.56 Å². The third-order valence-corrected chi connectivity index (χ3v) is 7.39. The zero-order chi connectivity index (χ0) is 18.6. The largest absolute Gasteiger partial charge is 0.388 e. The van der Waals surface area contributed by atoms with Crippen LogP contribution in [0.3, 0.4) is 0 Å². The number of hydrogen-bond donors (Lipinski definition) is 1. The predicted octanol–water partition coefficient (Wildman–Crippen LogP) is 3.05. The Labute approximate surface area is 163 Å². The Morgan fingerprint density at radius 2 is 1.96 bits per heavy atom. The Balaban J connectivity index is 1.32. The second-order valence-corrected chi connectivity index (χ2v) is 9.90. The smallest absolute Gasteiger partial charge is 0.266 e. The molecule has 1 unspecified atom stereocenters. The van der Waals surface area contributed by atoms with Gasteiger partial charge in [-0.1, -0.05) is 0 Å². The molecule has 2 aromatic heterocycles. The highest BCUT2D eigenvalue weighted by atomic mass is 32.1. The lowest BCUT2D eigenvalue weighted by Crippen LogP contribution is -2.53. The van der Waals surface area contributed by atoms with Gasteiger partial charge in [0.15, 0.2) is 0 Å². The molecule has 1 saturated carbocycles. The van der Waals surface area contributed by atoms with Crippen molar-refractivity contribution in [2.24, 2.45) is 0 Å². The molecule has 0 amide bonds. The number of rotatable bonds is 5. The van der Waals surface area contributed by atoms with E-state index in [4.69, 9.17) is 0 Å². The van der Waals surface area contributed by atoms with Crippen molar-refractivity contribution in [3.63, 3.8) is 0 Å². The van der Waals surface area contributed by atoms with E-state index in [0.717, 1.165) is 50.8 Å². The van der Waals surface area contributed by atoms with Crippen LogP contribution in [0, 0.1) is 6.92 Å². The lowest BCUT2D eigenvalue weighted by Gasteiger charge is -2.43. The molecule has 6 heteroatoms. The van der Waals surface area contributed by atoms with Crippen molar-refractivity contribution in [1.82, 2.24) is 14.7 Å². The maximum Gasteiger partial charge on any atom is 0.266 e. The van der Waals surface area contributed by atoms with Gasteiger partial charge in [0.1, 0.15) is 0 Å². The van der Waals surface area contributed by atoms with Crippen LogP contribution in [-0.2, 0) is 13.1 Å². The molecule has 2 saturated heterocycles. The summed E-state index contributed by atoms with van der Waals surface area (Å²) in [6, 6.07) is 6.55. The van der Waals surface area contributed by atoms with Gasteiger partial charge < -0.3 is 5.11 Å². The van der Waals surface area contributed by atoms with E-state index in [1.165, 1.54) is 15.1 Å². The summed E-state index contributed by atoms with van der Waals surface area (Å²) >= 11 is 1.81. The van der Waals surface area contributed by atoms with Gasteiger partial charge in [-0.05, 0) is 68.5 Å². The van der Waals surface area contributed by atoms with Gasteiger partial charge >= 0.3 is 0 Å². The minimum absolute atomic E-state index is 0.101. The first kappa shape index (κ1) is 17.6. The molecule has 3 fully saturated rings. The first-order valence-electron chi connectivity index (χ1n) is 10.1. The van der Waals surface area contributed by atoms with Gasteiger partial charge in [-0.2, -0.15) is 5.10 Å². The maximum absolute atomic E-state index is 12.3. The zero-order valence-electron chi connectivity index (χ0n) is 15.8. The highest BCUT2D eigenvalue weighted by molar-refractivity contribution is 7.10. The van der Waals surface area contributed by atoms with Crippen molar-refractivity contribution >= 4 is 11.3 Å². The molecule has 5 nitrogen and oxygen atoms in total. The number of hydrogen-bond acceptors (Lipinski definition) is 5.